The normalized spacial score (nSPS) is 11.6. The molecule has 1 unspecified atom stereocenters. The van der Waals surface area contributed by atoms with Crippen molar-refractivity contribution in [3.05, 3.63) is 52.8 Å². The van der Waals surface area contributed by atoms with Crippen LogP contribution in [0.3, 0.4) is 0 Å². The van der Waals surface area contributed by atoms with Gasteiger partial charge in [0.15, 0.2) is 13.1 Å². The number of amides is 2. The van der Waals surface area contributed by atoms with E-state index in [1.165, 1.54) is 13.2 Å². The molecule has 8 heteroatoms. The van der Waals surface area contributed by atoms with E-state index in [-0.39, 0.29) is 30.7 Å². The number of hydrogen-bond donors (Lipinski definition) is 3. The summed E-state index contributed by atoms with van der Waals surface area (Å²) in [7, 11) is 3.21. The van der Waals surface area contributed by atoms with Crippen LogP contribution in [0.4, 0.5) is 15.8 Å². The monoisotopic (exact) mass is 394 g/mol. The number of halogens is 2. The van der Waals surface area contributed by atoms with Gasteiger partial charge < -0.3 is 20.3 Å². The van der Waals surface area contributed by atoms with Gasteiger partial charge in [-0.25, -0.2) is 4.39 Å². The first-order chi connectivity index (χ1) is 12.8. The summed E-state index contributed by atoms with van der Waals surface area (Å²) < 4.78 is 18.7. The Balaban J connectivity index is 1.88. The molecular formula is C19H22ClFN3O3+. The highest BCUT2D eigenvalue weighted by molar-refractivity contribution is 6.31. The third-order valence-electron chi connectivity index (χ3n) is 3.82. The summed E-state index contributed by atoms with van der Waals surface area (Å²) in [6.07, 6.45) is 0. The molecular weight excluding hydrogens is 373 g/mol. The predicted molar refractivity (Wildman–Crippen MR) is 103 cm³/mol. The van der Waals surface area contributed by atoms with Crippen molar-refractivity contribution in [2.75, 3.05) is 37.9 Å². The van der Waals surface area contributed by atoms with Crippen molar-refractivity contribution in [3.8, 4) is 5.75 Å². The predicted octanol–water partition coefficient (Wildman–Crippen LogP) is 1.89. The van der Waals surface area contributed by atoms with Crippen molar-refractivity contribution in [2.45, 2.75) is 6.92 Å². The minimum absolute atomic E-state index is 0.0512. The zero-order chi connectivity index (χ0) is 20.0. The number of quaternary nitrogens is 1. The molecule has 3 N–H and O–H groups in total. The second-order valence-corrected chi connectivity index (χ2v) is 6.65. The molecule has 2 amide bonds. The minimum atomic E-state index is -0.386. The zero-order valence-electron chi connectivity index (χ0n) is 15.4. The molecule has 0 bridgehead atoms. The van der Waals surface area contributed by atoms with Crippen LogP contribution in [0.15, 0.2) is 36.4 Å². The lowest BCUT2D eigenvalue weighted by atomic mass is 10.2. The molecule has 0 aliphatic heterocycles. The van der Waals surface area contributed by atoms with Crippen molar-refractivity contribution in [2.24, 2.45) is 0 Å². The molecule has 0 radical (unpaired) electrons. The maximum atomic E-state index is 13.5. The van der Waals surface area contributed by atoms with Gasteiger partial charge in [0.1, 0.15) is 11.6 Å². The molecule has 2 aromatic rings. The van der Waals surface area contributed by atoms with Gasteiger partial charge in [0.25, 0.3) is 11.8 Å². The average molecular weight is 395 g/mol. The Morgan fingerprint density at radius 3 is 2.41 bits per heavy atom. The lowest BCUT2D eigenvalue weighted by Gasteiger charge is -2.15. The van der Waals surface area contributed by atoms with Crippen LogP contribution in [0.25, 0.3) is 0 Å². The fourth-order valence-corrected chi connectivity index (χ4v) is 2.63. The molecule has 0 aromatic heterocycles. The number of rotatable bonds is 7. The SMILES string of the molecule is COc1ccc(Cl)cc1NC(=O)C[NH+](C)CC(=O)Nc1ccc(C)c(F)c1. The summed E-state index contributed by atoms with van der Waals surface area (Å²) in [5.41, 5.74) is 1.34. The maximum Gasteiger partial charge on any atom is 0.279 e. The first kappa shape index (κ1) is 20.7. The fourth-order valence-electron chi connectivity index (χ4n) is 2.46. The van der Waals surface area contributed by atoms with Gasteiger partial charge in [-0.3, -0.25) is 9.59 Å². The van der Waals surface area contributed by atoms with Crippen LogP contribution in [0.2, 0.25) is 5.02 Å². The van der Waals surface area contributed by atoms with E-state index in [2.05, 4.69) is 10.6 Å². The lowest BCUT2D eigenvalue weighted by molar-refractivity contribution is -0.862. The summed E-state index contributed by atoms with van der Waals surface area (Å²) >= 11 is 5.94. The van der Waals surface area contributed by atoms with E-state index in [4.69, 9.17) is 16.3 Å². The van der Waals surface area contributed by atoms with E-state index in [9.17, 15) is 14.0 Å². The highest BCUT2D eigenvalue weighted by Crippen LogP contribution is 2.27. The first-order valence-corrected chi connectivity index (χ1v) is 8.67. The lowest BCUT2D eigenvalue weighted by Crippen LogP contribution is -3.11. The smallest absolute Gasteiger partial charge is 0.279 e. The van der Waals surface area contributed by atoms with Gasteiger partial charge in [-0.2, -0.15) is 0 Å². The van der Waals surface area contributed by atoms with Crippen LogP contribution < -0.4 is 20.3 Å². The van der Waals surface area contributed by atoms with Crippen molar-refractivity contribution >= 4 is 34.8 Å². The number of aryl methyl sites for hydroxylation is 1. The Labute approximate surface area is 162 Å². The van der Waals surface area contributed by atoms with Crippen molar-refractivity contribution in [1.82, 2.24) is 0 Å². The number of carbonyl (C=O) groups is 2. The van der Waals surface area contributed by atoms with Gasteiger partial charge in [-0.05, 0) is 42.8 Å². The van der Waals surface area contributed by atoms with Crippen LogP contribution in [0.1, 0.15) is 5.56 Å². The number of benzene rings is 2. The van der Waals surface area contributed by atoms with Crippen LogP contribution in [-0.2, 0) is 9.59 Å². The molecule has 0 fully saturated rings. The van der Waals surface area contributed by atoms with Crippen LogP contribution in [0, 0.1) is 12.7 Å². The van der Waals surface area contributed by atoms with Gasteiger partial charge in [0.2, 0.25) is 0 Å². The van der Waals surface area contributed by atoms with Gasteiger partial charge >= 0.3 is 0 Å². The second-order valence-electron chi connectivity index (χ2n) is 6.22. The van der Waals surface area contributed by atoms with E-state index in [0.29, 0.717) is 32.6 Å². The number of likely N-dealkylation sites (N-methyl/N-ethyl adjacent to an activating group) is 1. The molecule has 1 atom stereocenters. The quantitative estimate of drug-likeness (QED) is 0.671. The Kier molecular flexibility index (Phi) is 7.15. The highest BCUT2D eigenvalue weighted by Gasteiger charge is 2.16. The largest absolute Gasteiger partial charge is 0.495 e. The first-order valence-electron chi connectivity index (χ1n) is 8.29. The Bertz CT molecular complexity index is 845. The standard InChI is InChI=1S/C19H21ClFN3O3/c1-12-4-6-14(9-15(12)21)22-18(25)10-24(2)11-19(26)23-16-8-13(20)5-7-17(16)27-3/h4-9H,10-11H2,1-3H3,(H,22,25)(H,23,26)/p+1. The van der Waals surface area contributed by atoms with Crippen LogP contribution >= 0.6 is 11.6 Å². The molecule has 0 aliphatic rings. The Morgan fingerprint density at radius 2 is 1.78 bits per heavy atom. The fraction of sp³-hybridized carbons (Fsp3) is 0.263. The number of nitrogens with one attached hydrogen (secondary N) is 3. The van der Waals surface area contributed by atoms with Gasteiger partial charge in [0.05, 0.1) is 19.8 Å². The zero-order valence-corrected chi connectivity index (χ0v) is 16.1. The molecule has 144 valence electrons. The number of carbonyl (C=O) groups excluding carboxylic acids is 2. The summed E-state index contributed by atoms with van der Waals surface area (Å²) in [5, 5.41) is 5.81. The van der Waals surface area contributed by atoms with Crippen molar-refractivity contribution in [3.63, 3.8) is 0 Å². The Morgan fingerprint density at radius 1 is 1.11 bits per heavy atom. The van der Waals surface area contributed by atoms with E-state index in [1.807, 2.05) is 0 Å². The third-order valence-corrected chi connectivity index (χ3v) is 4.05. The average Bonchev–Trinajstić information content (AvgIpc) is 2.58. The second kappa shape index (κ2) is 9.34. The molecule has 0 saturated carbocycles. The number of ether oxygens (including phenoxy) is 1. The highest BCUT2D eigenvalue weighted by atomic mass is 35.5. The Hall–Kier alpha value is -2.64. The van der Waals surface area contributed by atoms with E-state index in [0.717, 1.165) is 0 Å². The van der Waals surface area contributed by atoms with Gasteiger partial charge in [-0.15, -0.1) is 0 Å². The maximum absolute atomic E-state index is 13.5. The van der Waals surface area contributed by atoms with E-state index >= 15 is 0 Å². The van der Waals surface area contributed by atoms with Gasteiger partial charge in [0, 0.05) is 10.7 Å². The molecule has 0 heterocycles. The topological polar surface area (TPSA) is 71.9 Å². The van der Waals surface area contributed by atoms with Crippen molar-refractivity contribution in [1.29, 1.82) is 0 Å². The number of methoxy groups -OCH3 is 1. The molecule has 0 aliphatic carbocycles. The van der Waals surface area contributed by atoms with Crippen LogP contribution in [0.5, 0.6) is 5.75 Å². The molecule has 2 rings (SSSR count). The summed E-state index contributed by atoms with van der Waals surface area (Å²) in [6.45, 7) is 1.76. The summed E-state index contributed by atoms with van der Waals surface area (Å²) in [5.74, 6) is -0.501. The molecule has 0 spiro atoms. The molecule has 0 saturated heterocycles. The minimum Gasteiger partial charge on any atom is -0.495 e. The summed E-state index contributed by atoms with van der Waals surface area (Å²) in [6, 6.07) is 9.39. The van der Waals surface area contributed by atoms with Gasteiger partial charge in [-0.1, -0.05) is 17.7 Å². The van der Waals surface area contributed by atoms with E-state index < -0.39 is 0 Å². The summed E-state index contributed by atoms with van der Waals surface area (Å²) in [4.78, 5) is 25.0. The number of anilines is 2. The molecule has 2 aromatic carbocycles. The number of hydrogen-bond acceptors (Lipinski definition) is 3. The van der Waals surface area contributed by atoms with Crippen LogP contribution in [-0.4, -0.2) is 39.1 Å². The molecule has 6 nitrogen and oxygen atoms in total. The van der Waals surface area contributed by atoms with E-state index in [1.54, 1.807) is 44.3 Å². The third kappa shape index (κ3) is 6.23. The molecule has 27 heavy (non-hydrogen) atoms. The van der Waals surface area contributed by atoms with Crippen molar-refractivity contribution < 1.29 is 23.6 Å².